The minimum Gasteiger partial charge on any atom is -0.335 e. The molecule has 0 spiro atoms. The van der Waals surface area contributed by atoms with Gasteiger partial charge in [0.15, 0.2) is 0 Å². The number of nitrogens with one attached hydrogen (secondary N) is 1. The van der Waals surface area contributed by atoms with Crippen LogP contribution in [0.4, 0.5) is 4.39 Å². The second-order valence-electron chi connectivity index (χ2n) is 4.76. The van der Waals surface area contributed by atoms with Crippen LogP contribution in [0.2, 0.25) is 0 Å². The van der Waals surface area contributed by atoms with Gasteiger partial charge in [-0.2, -0.15) is 0 Å². The van der Waals surface area contributed by atoms with Gasteiger partial charge in [-0.3, -0.25) is 0 Å². The smallest absolute Gasteiger partial charge is 0.123 e. The number of hydrogen-bond acceptors (Lipinski definition) is 2. The molecule has 1 atom stereocenters. The van der Waals surface area contributed by atoms with Crippen LogP contribution < -0.4 is 5.32 Å². The third-order valence-electron chi connectivity index (χ3n) is 3.37. The number of imidazole rings is 1. The molecule has 0 saturated carbocycles. The maximum atomic E-state index is 12.8. The fraction of sp³-hybridized carbons (Fsp3) is 0.357. The first-order valence-electron chi connectivity index (χ1n) is 6.32. The Kier molecular flexibility index (Phi) is 3.11. The third kappa shape index (κ3) is 2.43. The van der Waals surface area contributed by atoms with Crippen LogP contribution >= 0.6 is 0 Å². The van der Waals surface area contributed by atoms with Gasteiger partial charge in [0.25, 0.3) is 0 Å². The van der Waals surface area contributed by atoms with E-state index in [1.54, 1.807) is 12.1 Å². The van der Waals surface area contributed by atoms with Crippen molar-refractivity contribution in [1.29, 1.82) is 0 Å². The number of rotatable bonds is 3. The van der Waals surface area contributed by atoms with Crippen molar-refractivity contribution in [1.82, 2.24) is 14.9 Å². The van der Waals surface area contributed by atoms with Gasteiger partial charge in [0, 0.05) is 24.3 Å². The largest absolute Gasteiger partial charge is 0.335 e. The van der Waals surface area contributed by atoms with E-state index in [9.17, 15) is 4.39 Å². The quantitative estimate of drug-likeness (QED) is 0.900. The molecule has 1 aliphatic rings. The minimum absolute atomic E-state index is 0.215. The number of hydrogen-bond donors (Lipinski definition) is 1. The van der Waals surface area contributed by atoms with Crippen molar-refractivity contribution in [2.75, 3.05) is 6.54 Å². The first-order chi connectivity index (χ1) is 8.81. The molecule has 2 heterocycles. The summed E-state index contributed by atoms with van der Waals surface area (Å²) in [5, 5.41) is 3.46. The van der Waals surface area contributed by atoms with E-state index >= 15 is 0 Å². The molecule has 2 aromatic rings. The SMILES string of the molecule is Fc1ccc(-c2cn(C[C@@H]3CCCN3)cn2)cc1. The molecule has 18 heavy (non-hydrogen) atoms. The highest BCUT2D eigenvalue weighted by Crippen LogP contribution is 2.18. The number of halogens is 1. The van der Waals surface area contributed by atoms with Gasteiger partial charge in [-0.1, -0.05) is 0 Å². The maximum absolute atomic E-state index is 12.8. The Morgan fingerprint density at radius 3 is 2.89 bits per heavy atom. The van der Waals surface area contributed by atoms with Crippen molar-refractivity contribution >= 4 is 0 Å². The van der Waals surface area contributed by atoms with E-state index in [1.165, 1.54) is 25.0 Å². The van der Waals surface area contributed by atoms with E-state index < -0.39 is 0 Å². The lowest BCUT2D eigenvalue weighted by molar-refractivity contribution is 0.509. The molecule has 1 saturated heterocycles. The Balaban J connectivity index is 1.74. The van der Waals surface area contributed by atoms with Gasteiger partial charge in [0.1, 0.15) is 5.82 Å². The minimum atomic E-state index is -0.215. The van der Waals surface area contributed by atoms with E-state index in [-0.39, 0.29) is 5.82 Å². The molecule has 1 aromatic heterocycles. The van der Waals surface area contributed by atoms with Crippen LogP contribution in [0, 0.1) is 5.82 Å². The molecule has 1 N–H and O–H groups in total. The van der Waals surface area contributed by atoms with Gasteiger partial charge in [-0.15, -0.1) is 0 Å². The zero-order valence-electron chi connectivity index (χ0n) is 10.1. The number of nitrogens with zero attached hydrogens (tertiary/aromatic N) is 2. The zero-order valence-corrected chi connectivity index (χ0v) is 10.1. The molecule has 1 aromatic carbocycles. The predicted octanol–water partition coefficient (Wildman–Crippen LogP) is 2.44. The van der Waals surface area contributed by atoms with E-state index in [0.717, 1.165) is 24.3 Å². The van der Waals surface area contributed by atoms with Crippen LogP contribution in [0.3, 0.4) is 0 Å². The Bertz CT molecular complexity index is 512. The van der Waals surface area contributed by atoms with Crippen molar-refractivity contribution < 1.29 is 4.39 Å². The van der Waals surface area contributed by atoms with Crippen LogP contribution in [-0.2, 0) is 6.54 Å². The Labute approximate surface area is 106 Å². The molecule has 0 unspecified atom stereocenters. The van der Waals surface area contributed by atoms with Gasteiger partial charge in [0.05, 0.1) is 12.0 Å². The summed E-state index contributed by atoms with van der Waals surface area (Å²) >= 11 is 0. The molecular formula is C14H16FN3. The lowest BCUT2D eigenvalue weighted by Crippen LogP contribution is -2.26. The van der Waals surface area contributed by atoms with Gasteiger partial charge in [-0.05, 0) is 43.7 Å². The van der Waals surface area contributed by atoms with E-state index in [0.29, 0.717) is 6.04 Å². The summed E-state index contributed by atoms with van der Waals surface area (Å²) in [7, 11) is 0. The van der Waals surface area contributed by atoms with Gasteiger partial charge < -0.3 is 9.88 Å². The van der Waals surface area contributed by atoms with Gasteiger partial charge >= 0.3 is 0 Å². The molecule has 1 fully saturated rings. The lowest BCUT2D eigenvalue weighted by atomic mass is 10.2. The van der Waals surface area contributed by atoms with Crippen molar-refractivity contribution in [3.63, 3.8) is 0 Å². The second kappa shape index (κ2) is 4.90. The standard InChI is InChI=1S/C14H16FN3/c15-12-5-3-11(4-6-12)14-9-18(10-17-14)8-13-2-1-7-16-13/h3-6,9-10,13,16H,1-2,7-8H2/t13-/m0/s1. The highest BCUT2D eigenvalue weighted by molar-refractivity contribution is 5.57. The highest BCUT2D eigenvalue weighted by Gasteiger charge is 2.14. The Morgan fingerprint density at radius 1 is 1.33 bits per heavy atom. The van der Waals surface area contributed by atoms with Crippen molar-refractivity contribution in [3.8, 4) is 11.3 Å². The van der Waals surface area contributed by atoms with E-state index in [2.05, 4.69) is 14.9 Å². The van der Waals surface area contributed by atoms with Crippen LogP contribution in [0.15, 0.2) is 36.8 Å². The summed E-state index contributed by atoms with van der Waals surface area (Å²) in [5.74, 6) is -0.215. The topological polar surface area (TPSA) is 29.9 Å². The molecule has 1 aliphatic heterocycles. The second-order valence-corrected chi connectivity index (χ2v) is 4.76. The average Bonchev–Trinajstić information content (AvgIpc) is 3.02. The van der Waals surface area contributed by atoms with Gasteiger partial charge in [-0.25, -0.2) is 9.37 Å². The Morgan fingerprint density at radius 2 is 2.17 bits per heavy atom. The fourth-order valence-corrected chi connectivity index (χ4v) is 2.40. The first kappa shape index (κ1) is 11.4. The van der Waals surface area contributed by atoms with E-state index in [4.69, 9.17) is 0 Å². The number of aromatic nitrogens is 2. The molecule has 4 heteroatoms. The molecule has 0 radical (unpaired) electrons. The molecule has 3 nitrogen and oxygen atoms in total. The van der Waals surface area contributed by atoms with Crippen LogP contribution in [0.1, 0.15) is 12.8 Å². The van der Waals surface area contributed by atoms with E-state index in [1.807, 2.05) is 12.5 Å². The van der Waals surface area contributed by atoms with Crippen LogP contribution in [0.25, 0.3) is 11.3 Å². The summed E-state index contributed by atoms with van der Waals surface area (Å²) in [5.41, 5.74) is 1.85. The lowest BCUT2D eigenvalue weighted by Gasteiger charge is -2.09. The van der Waals surface area contributed by atoms with Gasteiger partial charge in [0.2, 0.25) is 0 Å². The average molecular weight is 245 g/mol. The molecule has 3 rings (SSSR count). The van der Waals surface area contributed by atoms with Crippen molar-refractivity contribution in [3.05, 3.63) is 42.6 Å². The van der Waals surface area contributed by atoms with Crippen LogP contribution in [0.5, 0.6) is 0 Å². The predicted molar refractivity (Wildman–Crippen MR) is 68.6 cm³/mol. The third-order valence-corrected chi connectivity index (χ3v) is 3.37. The monoisotopic (exact) mass is 245 g/mol. The van der Waals surface area contributed by atoms with Crippen molar-refractivity contribution in [2.24, 2.45) is 0 Å². The molecule has 94 valence electrons. The molecule has 0 aliphatic carbocycles. The molecule has 0 bridgehead atoms. The Hall–Kier alpha value is -1.68. The van der Waals surface area contributed by atoms with Crippen molar-refractivity contribution in [2.45, 2.75) is 25.4 Å². The highest BCUT2D eigenvalue weighted by atomic mass is 19.1. The summed E-state index contributed by atoms with van der Waals surface area (Å²) in [6.45, 7) is 2.07. The number of benzene rings is 1. The maximum Gasteiger partial charge on any atom is 0.123 e. The fourth-order valence-electron chi connectivity index (χ4n) is 2.40. The first-order valence-corrected chi connectivity index (χ1v) is 6.32. The summed E-state index contributed by atoms with van der Waals surface area (Å²) in [6.07, 6.45) is 6.35. The van der Waals surface area contributed by atoms with Crippen LogP contribution in [-0.4, -0.2) is 22.1 Å². The normalized spacial score (nSPS) is 19.3. The zero-order chi connectivity index (χ0) is 12.4. The summed E-state index contributed by atoms with van der Waals surface area (Å²) in [4.78, 5) is 4.37. The molecule has 0 amide bonds. The summed E-state index contributed by atoms with van der Waals surface area (Å²) < 4.78 is 14.9. The molecular weight excluding hydrogens is 229 g/mol. The summed E-state index contributed by atoms with van der Waals surface area (Å²) in [6, 6.07) is 7.01.